The van der Waals surface area contributed by atoms with Crippen LogP contribution in [0, 0.1) is 5.82 Å². The highest BCUT2D eigenvalue weighted by molar-refractivity contribution is 7.23. The molecule has 2 aromatic carbocycles. The van der Waals surface area contributed by atoms with Crippen molar-refractivity contribution in [3.05, 3.63) is 53.3 Å². The van der Waals surface area contributed by atoms with E-state index in [0.717, 1.165) is 22.6 Å². The van der Waals surface area contributed by atoms with Gasteiger partial charge >= 0.3 is 0 Å². The minimum absolute atomic E-state index is 0.223. The average molecular weight is 354 g/mol. The number of hydrogen-bond acceptors (Lipinski definition) is 5. The van der Waals surface area contributed by atoms with Crippen molar-refractivity contribution in [3.8, 4) is 11.4 Å². The molecule has 0 radical (unpaired) electrons. The second kappa shape index (κ2) is 5.75. The number of fused-ring (bicyclic) bond motifs is 3. The van der Waals surface area contributed by atoms with Gasteiger partial charge < -0.3 is 5.32 Å². The average Bonchev–Trinajstić information content (AvgIpc) is 3.17. The summed E-state index contributed by atoms with van der Waals surface area (Å²) >= 11 is 1.37. The molecular weight excluding hydrogens is 343 g/mol. The molecule has 0 bridgehead atoms. The van der Waals surface area contributed by atoms with E-state index in [1.54, 1.807) is 22.7 Å². The van der Waals surface area contributed by atoms with Crippen molar-refractivity contribution in [2.24, 2.45) is 0 Å². The first-order valence-corrected chi connectivity index (χ1v) is 8.19. The Hall–Kier alpha value is -3.13. The van der Waals surface area contributed by atoms with E-state index in [4.69, 9.17) is 0 Å². The van der Waals surface area contributed by atoms with E-state index >= 15 is 0 Å². The third-order valence-corrected chi connectivity index (χ3v) is 4.82. The predicted octanol–water partition coefficient (Wildman–Crippen LogP) is 2.92. The number of benzene rings is 2. The monoisotopic (exact) mass is 354 g/mol. The fourth-order valence-electron chi connectivity index (χ4n) is 2.58. The summed E-state index contributed by atoms with van der Waals surface area (Å²) in [4.78, 5) is 27.4. The molecule has 25 heavy (non-hydrogen) atoms. The van der Waals surface area contributed by atoms with E-state index in [2.05, 4.69) is 15.4 Å². The van der Waals surface area contributed by atoms with Crippen molar-refractivity contribution in [1.29, 1.82) is 0 Å². The molecule has 0 aliphatic heterocycles. The van der Waals surface area contributed by atoms with Gasteiger partial charge in [-0.15, -0.1) is 5.10 Å². The van der Waals surface area contributed by atoms with Gasteiger partial charge in [0.15, 0.2) is 5.82 Å². The SMILES string of the molecule is CNC(=O)c1ccc(-c2nc3sc4cc(C=O)ccc4n3n2)c(F)c1. The lowest BCUT2D eigenvalue weighted by molar-refractivity contribution is 0.0962. The zero-order valence-electron chi connectivity index (χ0n) is 13.0. The zero-order valence-corrected chi connectivity index (χ0v) is 13.8. The Morgan fingerprint density at radius 3 is 2.84 bits per heavy atom. The third kappa shape index (κ3) is 2.47. The molecule has 0 saturated heterocycles. The van der Waals surface area contributed by atoms with E-state index in [1.807, 2.05) is 0 Å². The molecule has 124 valence electrons. The number of hydrogen-bond donors (Lipinski definition) is 1. The van der Waals surface area contributed by atoms with E-state index in [-0.39, 0.29) is 22.9 Å². The van der Waals surface area contributed by atoms with Gasteiger partial charge in [0, 0.05) is 18.2 Å². The lowest BCUT2D eigenvalue weighted by Crippen LogP contribution is -2.17. The predicted molar refractivity (Wildman–Crippen MR) is 92.5 cm³/mol. The molecule has 2 aromatic heterocycles. The number of carbonyl (C=O) groups excluding carboxylic acids is 2. The summed E-state index contributed by atoms with van der Waals surface area (Å²) in [5.74, 6) is -0.679. The van der Waals surface area contributed by atoms with Crippen LogP contribution in [0.2, 0.25) is 0 Å². The Kier molecular flexibility index (Phi) is 3.54. The van der Waals surface area contributed by atoms with Gasteiger partial charge in [-0.1, -0.05) is 11.3 Å². The molecule has 0 saturated carbocycles. The molecule has 0 aliphatic carbocycles. The molecule has 6 nitrogen and oxygen atoms in total. The Balaban J connectivity index is 1.82. The van der Waals surface area contributed by atoms with Gasteiger partial charge in [-0.2, -0.15) is 4.98 Å². The number of nitrogens with zero attached hydrogens (tertiary/aromatic N) is 3. The Morgan fingerprint density at radius 1 is 1.28 bits per heavy atom. The minimum atomic E-state index is -0.563. The first kappa shape index (κ1) is 15.4. The van der Waals surface area contributed by atoms with Crippen LogP contribution in [0.15, 0.2) is 36.4 Å². The highest BCUT2D eigenvalue weighted by atomic mass is 32.1. The maximum Gasteiger partial charge on any atom is 0.251 e. The minimum Gasteiger partial charge on any atom is -0.355 e. The van der Waals surface area contributed by atoms with Crippen LogP contribution in [0.3, 0.4) is 0 Å². The highest BCUT2D eigenvalue weighted by Gasteiger charge is 2.16. The topological polar surface area (TPSA) is 76.4 Å². The molecule has 1 amide bonds. The van der Waals surface area contributed by atoms with Crippen LogP contribution in [0.1, 0.15) is 20.7 Å². The lowest BCUT2D eigenvalue weighted by atomic mass is 10.1. The number of amides is 1. The molecule has 0 aliphatic rings. The fraction of sp³-hybridized carbons (Fsp3) is 0.0588. The second-order valence-electron chi connectivity index (χ2n) is 5.35. The Bertz CT molecular complexity index is 1150. The molecule has 4 rings (SSSR count). The van der Waals surface area contributed by atoms with Crippen molar-refractivity contribution in [1.82, 2.24) is 19.9 Å². The van der Waals surface area contributed by atoms with Crippen LogP contribution in [0.25, 0.3) is 26.6 Å². The highest BCUT2D eigenvalue weighted by Crippen LogP contribution is 2.29. The number of aldehydes is 1. The van der Waals surface area contributed by atoms with E-state index in [0.29, 0.717) is 10.5 Å². The quantitative estimate of drug-likeness (QED) is 0.574. The van der Waals surface area contributed by atoms with Gasteiger partial charge in [0.25, 0.3) is 5.91 Å². The van der Waals surface area contributed by atoms with E-state index in [1.165, 1.54) is 30.5 Å². The number of thiazole rings is 1. The van der Waals surface area contributed by atoms with Crippen LogP contribution in [-0.2, 0) is 0 Å². The fourth-order valence-corrected chi connectivity index (χ4v) is 3.58. The number of carbonyl (C=O) groups is 2. The van der Waals surface area contributed by atoms with Gasteiger partial charge in [0.05, 0.1) is 15.8 Å². The molecule has 1 N–H and O–H groups in total. The van der Waals surface area contributed by atoms with Gasteiger partial charge in [-0.25, -0.2) is 8.91 Å². The summed E-state index contributed by atoms with van der Waals surface area (Å²) < 4.78 is 16.9. The van der Waals surface area contributed by atoms with Crippen molar-refractivity contribution in [2.75, 3.05) is 7.05 Å². The normalized spacial score (nSPS) is 11.1. The molecule has 0 fully saturated rings. The smallest absolute Gasteiger partial charge is 0.251 e. The number of nitrogens with one attached hydrogen (secondary N) is 1. The summed E-state index contributed by atoms with van der Waals surface area (Å²) in [6.45, 7) is 0. The Labute approximate surface area is 144 Å². The molecular formula is C17H11FN4O2S. The maximum absolute atomic E-state index is 14.4. The molecule has 0 unspecified atom stereocenters. The Morgan fingerprint density at radius 2 is 2.12 bits per heavy atom. The maximum atomic E-state index is 14.4. The first-order chi connectivity index (χ1) is 12.1. The van der Waals surface area contributed by atoms with Gasteiger partial charge in [0.2, 0.25) is 4.96 Å². The summed E-state index contributed by atoms with van der Waals surface area (Å²) in [6.07, 6.45) is 0.782. The number of halogens is 1. The van der Waals surface area contributed by atoms with Crippen LogP contribution in [0.5, 0.6) is 0 Å². The first-order valence-electron chi connectivity index (χ1n) is 7.37. The zero-order chi connectivity index (χ0) is 17.6. The molecule has 4 aromatic rings. The lowest BCUT2D eigenvalue weighted by Gasteiger charge is -2.02. The van der Waals surface area contributed by atoms with Crippen LogP contribution in [-0.4, -0.2) is 33.8 Å². The van der Waals surface area contributed by atoms with Gasteiger partial charge in [0.1, 0.15) is 12.1 Å². The number of rotatable bonds is 3. The second-order valence-corrected chi connectivity index (χ2v) is 6.36. The molecule has 0 spiro atoms. The van der Waals surface area contributed by atoms with Crippen molar-refractivity contribution in [2.45, 2.75) is 0 Å². The van der Waals surface area contributed by atoms with E-state index in [9.17, 15) is 14.0 Å². The largest absolute Gasteiger partial charge is 0.355 e. The molecule has 0 atom stereocenters. The standard InChI is InChI=1S/C17H11FN4O2S/c1-19-16(24)10-3-4-11(12(18)7-10)15-20-17-22(21-15)13-5-2-9(8-23)6-14(13)25-17/h2-8H,1H3,(H,19,24). The summed E-state index contributed by atoms with van der Waals surface area (Å²) in [7, 11) is 1.49. The third-order valence-electron chi connectivity index (χ3n) is 3.83. The van der Waals surface area contributed by atoms with Crippen LogP contribution in [0.4, 0.5) is 4.39 Å². The van der Waals surface area contributed by atoms with Crippen LogP contribution >= 0.6 is 11.3 Å². The van der Waals surface area contributed by atoms with Crippen molar-refractivity contribution < 1.29 is 14.0 Å². The molecule has 2 heterocycles. The number of aromatic nitrogens is 3. The molecule has 8 heteroatoms. The van der Waals surface area contributed by atoms with Gasteiger partial charge in [-0.3, -0.25) is 9.59 Å². The van der Waals surface area contributed by atoms with E-state index < -0.39 is 5.82 Å². The van der Waals surface area contributed by atoms with Gasteiger partial charge in [-0.05, 0) is 36.4 Å². The summed E-state index contributed by atoms with van der Waals surface area (Å²) in [6, 6.07) is 9.43. The van der Waals surface area contributed by atoms with Crippen LogP contribution < -0.4 is 5.32 Å². The summed E-state index contributed by atoms with van der Waals surface area (Å²) in [5, 5.41) is 6.82. The van der Waals surface area contributed by atoms with Crippen molar-refractivity contribution >= 4 is 38.7 Å². The summed E-state index contributed by atoms with van der Waals surface area (Å²) in [5.41, 5.74) is 1.83. The van der Waals surface area contributed by atoms with Crippen molar-refractivity contribution in [3.63, 3.8) is 0 Å².